The molecule has 0 spiro atoms. The molecule has 1 aromatic heterocycles. The van der Waals surface area contributed by atoms with Crippen LogP contribution in [0.25, 0.3) is 0 Å². The Morgan fingerprint density at radius 1 is 1.05 bits per heavy atom. The van der Waals surface area contributed by atoms with E-state index in [4.69, 9.17) is 0 Å². The Labute approximate surface area is 115 Å². The van der Waals surface area contributed by atoms with Crippen LogP contribution in [0, 0.1) is 0 Å². The molecule has 2 nitrogen and oxygen atoms in total. The van der Waals surface area contributed by atoms with E-state index < -0.39 is 11.9 Å². The van der Waals surface area contributed by atoms with Gasteiger partial charge in [-0.25, -0.2) is 9.97 Å². The molecule has 0 saturated carbocycles. The van der Waals surface area contributed by atoms with Crippen LogP contribution in [0.2, 0.25) is 0 Å². The lowest BCUT2D eigenvalue weighted by Gasteiger charge is -2.12. The first-order valence-electron chi connectivity index (χ1n) is 6.35. The molecule has 0 aliphatic carbocycles. The number of alkyl halides is 3. The fourth-order valence-electron chi connectivity index (χ4n) is 1.82. The van der Waals surface area contributed by atoms with Gasteiger partial charge in [-0.15, -0.1) is 0 Å². The minimum absolute atomic E-state index is 0.0753. The molecule has 0 amide bonds. The SMILES string of the molecule is CC(C)c1cc(C(F)(F)F)nc(Cc2ccccc2)n1. The highest BCUT2D eigenvalue weighted by Gasteiger charge is 2.33. The largest absolute Gasteiger partial charge is 0.433 e. The minimum Gasteiger partial charge on any atom is -0.237 e. The Morgan fingerprint density at radius 2 is 1.70 bits per heavy atom. The predicted octanol–water partition coefficient (Wildman–Crippen LogP) is 4.21. The molecule has 106 valence electrons. The van der Waals surface area contributed by atoms with Crippen molar-refractivity contribution in [2.45, 2.75) is 32.4 Å². The Balaban J connectivity index is 2.40. The number of hydrogen-bond acceptors (Lipinski definition) is 2. The molecule has 0 aliphatic heterocycles. The molecule has 2 rings (SSSR count). The van der Waals surface area contributed by atoms with Crippen molar-refractivity contribution in [1.29, 1.82) is 0 Å². The van der Waals surface area contributed by atoms with Crippen molar-refractivity contribution in [3.05, 3.63) is 59.2 Å². The van der Waals surface area contributed by atoms with Gasteiger partial charge in [-0.3, -0.25) is 0 Å². The Hall–Kier alpha value is -1.91. The van der Waals surface area contributed by atoms with E-state index in [-0.39, 0.29) is 11.7 Å². The molecular formula is C15H15F3N2. The second kappa shape index (κ2) is 5.61. The summed E-state index contributed by atoms with van der Waals surface area (Å²) in [6, 6.07) is 10.3. The highest BCUT2D eigenvalue weighted by Crippen LogP contribution is 2.29. The third kappa shape index (κ3) is 3.56. The zero-order valence-electron chi connectivity index (χ0n) is 11.3. The summed E-state index contributed by atoms with van der Waals surface area (Å²) in [6.45, 7) is 3.63. The van der Waals surface area contributed by atoms with Crippen molar-refractivity contribution in [1.82, 2.24) is 9.97 Å². The summed E-state index contributed by atoms with van der Waals surface area (Å²) in [6.07, 6.45) is -4.15. The van der Waals surface area contributed by atoms with Gasteiger partial charge in [-0.2, -0.15) is 13.2 Å². The van der Waals surface area contributed by atoms with Crippen LogP contribution in [0.5, 0.6) is 0 Å². The summed E-state index contributed by atoms with van der Waals surface area (Å²) in [5.74, 6) is 0.128. The van der Waals surface area contributed by atoms with Crippen LogP contribution in [-0.4, -0.2) is 9.97 Å². The zero-order valence-corrected chi connectivity index (χ0v) is 11.3. The van der Waals surface area contributed by atoms with Gasteiger partial charge < -0.3 is 0 Å². The second-order valence-corrected chi connectivity index (χ2v) is 4.91. The number of rotatable bonds is 3. The first-order valence-corrected chi connectivity index (χ1v) is 6.35. The van der Waals surface area contributed by atoms with Gasteiger partial charge in [-0.05, 0) is 17.5 Å². The van der Waals surface area contributed by atoms with E-state index in [0.29, 0.717) is 12.1 Å². The second-order valence-electron chi connectivity index (χ2n) is 4.91. The summed E-state index contributed by atoms with van der Waals surface area (Å²) >= 11 is 0. The van der Waals surface area contributed by atoms with Gasteiger partial charge in [-0.1, -0.05) is 44.2 Å². The van der Waals surface area contributed by atoms with Crippen LogP contribution in [0.15, 0.2) is 36.4 Å². The van der Waals surface area contributed by atoms with Crippen molar-refractivity contribution in [2.24, 2.45) is 0 Å². The van der Waals surface area contributed by atoms with Crippen molar-refractivity contribution < 1.29 is 13.2 Å². The molecular weight excluding hydrogens is 265 g/mol. The molecule has 0 bridgehead atoms. The molecule has 2 aromatic rings. The standard InChI is InChI=1S/C15H15F3N2/c1-10(2)12-9-13(15(16,17)18)20-14(19-12)8-11-6-4-3-5-7-11/h3-7,9-10H,8H2,1-2H3. The summed E-state index contributed by atoms with van der Waals surface area (Å²) in [4.78, 5) is 7.88. The lowest BCUT2D eigenvalue weighted by molar-refractivity contribution is -0.141. The summed E-state index contributed by atoms with van der Waals surface area (Å²) in [5, 5.41) is 0. The van der Waals surface area contributed by atoms with Crippen LogP contribution in [0.4, 0.5) is 13.2 Å². The van der Waals surface area contributed by atoms with Crippen LogP contribution in [0.3, 0.4) is 0 Å². The highest BCUT2D eigenvalue weighted by atomic mass is 19.4. The third-order valence-corrected chi connectivity index (χ3v) is 2.88. The normalized spacial score (nSPS) is 11.9. The van der Waals surface area contributed by atoms with Gasteiger partial charge in [0.2, 0.25) is 0 Å². The maximum absolute atomic E-state index is 12.9. The summed E-state index contributed by atoms with van der Waals surface area (Å²) in [7, 11) is 0. The van der Waals surface area contributed by atoms with Crippen molar-refractivity contribution in [3.63, 3.8) is 0 Å². The topological polar surface area (TPSA) is 25.8 Å². The minimum atomic E-state index is -4.45. The van der Waals surface area contributed by atoms with Crippen LogP contribution < -0.4 is 0 Å². The number of benzene rings is 1. The number of aromatic nitrogens is 2. The Morgan fingerprint density at radius 3 is 2.25 bits per heavy atom. The van der Waals surface area contributed by atoms with Crippen molar-refractivity contribution >= 4 is 0 Å². The molecule has 1 aromatic carbocycles. The van der Waals surface area contributed by atoms with Gasteiger partial charge in [0.05, 0.1) is 0 Å². The Kier molecular flexibility index (Phi) is 4.06. The number of halogens is 3. The lowest BCUT2D eigenvalue weighted by Crippen LogP contribution is -2.13. The van der Waals surface area contributed by atoms with Crippen molar-refractivity contribution in [2.75, 3.05) is 0 Å². The van der Waals surface area contributed by atoms with E-state index in [2.05, 4.69) is 9.97 Å². The van der Waals surface area contributed by atoms with Crippen LogP contribution in [0.1, 0.15) is 42.5 Å². The first-order chi connectivity index (χ1) is 9.36. The predicted molar refractivity (Wildman–Crippen MR) is 70.4 cm³/mol. The Bertz CT molecular complexity index is 577. The molecule has 0 N–H and O–H groups in total. The zero-order chi connectivity index (χ0) is 14.8. The fraction of sp³-hybridized carbons (Fsp3) is 0.333. The lowest BCUT2D eigenvalue weighted by atomic mass is 10.1. The molecule has 0 fully saturated rings. The maximum atomic E-state index is 12.9. The molecule has 0 unspecified atom stereocenters. The van der Waals surface area contributed by atoms with E-state index in [0.717, 1.165) is 11.6 Å². The number of nitrogens with zero attached hydrogens (tertiary/aromatic N) is 2. The van der Waals surface area contributed by atoms with Gasteiger partial charge in [0.25, 0.3) is 0 Å². The third-order valence-electron chi connectivity index (χ3n) is 2.88. The van der Waals surface area contributed by atoms with E-state index in [1.807, 2.05) is 44.2 Å². The van der Waals surface area contributed by atoms with Gasteiger partial charge in [0.15, 0.2) is 0 Å². The van der Waals surface area contributed by atoms with Crippen LogP contribution in [-0.2, 0) is 12.6 Å². The molecule has 1 heterocycles. The smallest absolute Gasteiger partial charge is 0.237 e. The molecule has 5 heteroatoms. The maximum Gasteiger partial charge on any atom is 0.433 e. The molecule has 0 radical (unpaired) electrons. The van der Waals surface area contributed by atoms with E-state index in [1.54, 1.807) is 0 Å². The average Bonchev–Trinajstić information content (AvgIpc) is 2.38. The van der Waals surface area contributed by atoms with Gasteiger partial charge in [0, 0.05) is 12.1 Å². The quantitative estimate of drug-likeness (QED) is 0.841. The van der Waals surface area contributed by atoms with Gasteiger partial charge >= 0.3 is 6.18 Å². The van der Waals surface area contributed by atoms with E-state index in [1.165, 1.54) is 0 Å². The first kappa shape index (κ1) is 14.5. The monoisotopic (exact) mass is 280 g/mol. The molecule has 20 heavy (non-hydrogen) atoms. The van der Waals surface area contributed by atoms with E-state index in [9.17, 15) is 13.2 Å². The van der Waals surface area contributed by atoms with Crippen LogP contribution >= 0.6 is 0 Å². The van der Waals surface area contributed by atoms with Gasteiger partial charge in [0.1, 0.15) is 11.5 Å². The van der Waals surface area contributed by atoms with Crippen molar-refractivity contribution in [3.8, 4) is 0 Å². The average molecular weight is 280 g/mol. The summed E-state index contributed by atoms with van der Waals surface area (Å²) < 4.78 is 38.6. The molecule has 0 atom stereocenters. The fourth-order valence-corrected chi connectivity index (χ4v) is 1.82. The number of hydrogen-bond donors (Lipinski definition) is 0. The molecule has 0 aliphatic rings. The summed E-state index contributed by atoms with van der Waals surface area (Å²) in [5.41, 5.74) is 0.432. The molecule has 0 saturated heterocycles. The van der Waals surface area contributed by atoms with E-state index >= 15 is 0 Å². The highest BCUT2D eigenvalue weighted by molar-refractivity contribution is 5.22.